The summed E-state index contributed by atoms with van der Waals surface area (Å²) in [4.78, 5) is 15.1. The highest BCUT2D eigenvalue weighted by atomic mass is 32.2. The van der Waals surface area contributed by atoms with Gasteiger partial charge in [-0.2, -0.15) is 0 Å². The van der Waals surface area contributed by atoms with Crippen LogP contribution in [0.2, 0.25) is 0 Å². The van der Waals surface area contributed by atoms with Crippen LogP contribution >= 0.6 is 0 Å². The normalized spacial score (nSPS) is 17.2. The molecule has 0 bridgehead atoms. The number of amides is 1. The van der Waals surface area contributed by atoms with Crippen molar-refractivity contribution in [2.45, 2.75) is 55.8 Å². The smallest absolute Gasteiger partial charge is 0.242 e. The van der Waals surface area contributed by atoms with Gasteiger partial charge in [0.25, 0.3) is 0 Å². The molecule has 2 heterocycles. The molecule has 5 nitrogen and oxygen atoms in total. The van der Waals surface area contributed by atoms with E-state index in [1.54, 1.807) is 22.8 Å². The van der Waals surface area contributed by atoms with E-state index in [0.29, 0.717) is 10.9 Å². The fraction of sp³-hybridized carbons (Fsp3) is 0.375. The third kappa shape index (κ3) is 4.37. The SMILES string of the molecule is CCC1CCCCN1C(=O)Cn1cc(S(=O)(=O)Cc2ccccc2F)c2ccccc21. The van der Waals surface area contributed by atoms with Crippen molar-refractivity contribution in [3.05, 3.63) is 66.1 Å². The van der Waals surface area contributed by atoms with Crippen LogP contribution in [0.1, 0.15) is 38.2 Å². The molecule has 1 fully saturated rings. The molecule has 7 heteroatoms. The van der Waals surface area contributed by atoms with Gasteiger partial charge in [0.05, 0.1) is 10.6 Å². The van der Waals surface area contributed by atoms with E-state index < -0.39 is 21.4 Å². The molecule has 1 saturated heterocycles. The van der Waals surface area contributed by atoms with Gasteiger partial charge in [-0.25, -0.2) is 12.8 Å². The van der Waals surface area contributed by atoms with Gasteiger partial charge in [-0.1, -0.05) is 43.3 Å². The molecular weight excluding hydrogens is 415 g/mol. The highest BCUT2D eigenvalue weighted by Gasteiger charge is 2.27. The van der Waals surface area contributed by atoms with Crippen molar-refractivity contribution < 1.29 is 17.6 Å². The molecule has 164 valence electrons. The molecule has 0 N–H and O–H groups in total. The molecule has 2 aromatic carbocycles. The van der Waals surface area contributed by atoms with Crippen LogP contribution in [-0.2, 0) is 26.9 Å². The minimum absolute atomic E-state index is 0.00496. The number of aromatic nitrogens is 1. The van der Waals surface area contributed by atoms with Crippen molar-refractivity contribution in [2.24, 2.45) is 0 Å². The zero-order chi connectivity index (χ0) is 22.0. The summed E-state index contributed by atoms with van der Waals surface area (Å²) >= 11 is 0. The summed E-state index contributed by atoms with van der Waals surface area (Å²) in [6.45, 7) is 2.93. The maximum Gasteiger partial charge on any atom is 0.242 e. The Bertz CT molecular complexity index is 1200. The number of nitrogens with zero attached hydrogens (tertiary/aromatic N) is 2. The number of sulfone groups is 1. The molecular formula is C24H27FN2O3S. The monoisotopic (exact) mass is 442 g/mol. The lowest BCUT2D eigenvalue weighted by Crippen LogP contribution is -2.44. The van der Waals surface area contributed by atoms with Crippen molar-refractivity contribution >= 4 is 26.6 Å². The molecule has 1 amide bonds. The number of piperidine rings is 1. The second-order valence-corrected chi connectivity index (χ2v) is 10.1. The van der Waals surface area contributed by atoms with Crippen LogP contribution in [0.15, 0.2) is 59.6 Å². The number of rotatable bonds is 6. The maximum atomic E-state index is 14.1. The molecule has 1 atom stereocenters. The average molecular weight is 443 g/mol. The molecule has 0 saturated carbocycles. The molecule has 1 unspecified atom stereocenters. The first-order valence-electron chi connectivity index (χ1n) is 10.7. The third-order valence-electron chi connectivity index (χ3n) is 6.11. The van der Waals surface area contributed by atoms with Gasteiger partial charge in [0.2, 0.25) is 5.91 Å². The average Bonchev–Trinajstić information content (AvgIpc) is 3.14. The van der Waals surface area contributed by atoms with Crippen LogP contribution in [0.4, 0.5) is 4.39 Å². The summed E-state index contributed by atoms with van der Waals surface area (Å²) in [5, 5.41) is 0.553. The van der Waals surface area contributed by atoms with Gasteiger partial charge in [0, 0.05) is 35.2 Å². The summed E-state index contributed by atoms with van der Waals surface area (Å²) in [5.74, 6) is -0.961. The molecule has 1 aliphatic rings. The van der Waals surface area contributed by atoms with Crippen LogP contribution in [0, 0.1) is 5.82 Å². The highest BCUT2D eigenvalue weighted by Crippen LogP contribution is 2.29. The zero-order valence-electron chi connectivity index (χ0n) is 17.6. The van der Waals surface area contributed by atoms with Gasteiger partial charge in [-0.05, 0) is 37.8 Å². The summed E-state index contributed by atoms with van der Waals surface area (Å²) in [7, 11) is -3.80. The Kier molecular flexibility index (Phi) is 6.14. The van der Waals surface area contributed by atoms with Crippen molar-refractivity contribution in [1.29, 1.82) is 0 Å². The van der Waals surface area contributed by atoms with E-state index in [1.165, 1.54) is 24.4 Å². The van der Waals surface area contributed by atoms with E-state index >= 15 is 0 Å². The Labute approximate surface area is 182 Å². The zero-order valence-corrected chi connectivity index (χ0v) is 18.4. The first kappa shape index (κ1) is 21.6. The molecule has 3 aromatic rings. The summed E-state index contributed by atoms with van der Waals surface area (Å²) in [6.07, 6.45) is 5.59. The number of carbonyl (C=O) groups excluding carboxylic acids is 1. The Balaban J connectivity index is 1.67. The Morgan fingerprint density at radius 2 is 1.84 bits per heavy atom. The summed E-state index contributed by atoms with van der Waals surface area (Å²) < 4.78 is 42.2. The molecule has 1 aromatic heterocycles. The lowest BCUT2D eigenvalue weighted by atomic mass is 10.00. The topological polar surface area (TPSA) is 59.4 Å². The van der Waals surface area contributed by atoms with E-state index in [0.717, 1.165) is 32.2 Å². The van der Waals surface area contributed by atoms with Crippen molar-refractivity contribution in [3.8, 4) is 0 Å². The quantitative estimate of drug-likeness (QED) is 0.563. The van der Waals surface area contributed by atoms with Gasteiger partial charge in [-0.15, -0.1) is 0 Å². The van der Waals surface area contributed by atoms with E-state index in [4.69, 9.17) is 0 Å². The molecule has 1 aliphatic heterocycles. The lowest BCUT2D eigenvalue weighted by Gasteiger charge is -2.35. The Morgan fingerprint density at radius 1 is 1.10 bits per heavy atom. The minimum Gasteiger partial charge on any atom is -0.338 e. The number of para-hydroxylation sites is 1. The largest absolute Gasteiger partial charge is 0.338 e. The lowest BCUT2D eigenvalue weighted by molar-refractivity contribution is -0.135. The van der Waals surface area contributed by atoms with Gasteiger partial charge >= 0.3 is 0 Å². The van der Waals surface area contributed by atoms with Gasteiger partial charge in [-0.3, -0.25) is 4.79 Å². The fourth-order valence-electron chi connectivity index (χ4n) is 4.48. The van der Waals surface area contributed by atoms with E-state index in [1.807, 2.05) is 17.0 Å². The Hall–Kier alpha value is -2.67. The fourth-order valence-corrected chi connectivity index (χ4v) is 6.07. The summed E-state index contributed by atoms with van der Waals surface area (Å²) in [6, 6.07) is 13.3. The first-order valence-corrected chi connectivity index (χ1v) is 12.4. The number of hydrogen-bond acceptors (Lipinski definition) is 3. The predicted molar refractivity (Wildman–Crippen MR) is 119 cm³/mol. The maximum absolute atomic E-state index is 14.1. The second kappa shape index (κ2) is 8.83. The number of halogens is 1. The van der Waals surface area contributed by atoms with E-state index in [2.05, 4.69) is 6.92 Å². The number of fused-ring (bicyclic) bond motifs is 1. The molecule has 0 aliphatic carbocycles. The number of carbonyl (C=O) groups is 1. The predicted octanol–water partition coefficient (Wildman–Crippen LogP) is 4.55. The van der Waals surface area contributed by atoms with Crippen molar-refractivity contribution in [2.75, 3.05) is 6.54 Å². The van der Waals surface area contributed by atoms with Crippen molar-refractivity contribution in [1.82, 2.24) is 9.47 Å². The Morgan fingerprint density at radius 3 is 2.61 bits per heavy atom. The molecule has 0 radical (unpaired) electrons. The highest BCUT2D eigenvalue weighted by molar-refractivity contribution is 7.90. The van der Waals surface area contributed by atoms with Gasteiger partial charge in [0.1, 0.15) is 12.4 Å². The van der Waals surface area contributed by atoms with Gasteiger partial charge < -0.3 is 9.47 Å². The molecule has 4 rings (SSSR count). The second-order valence-electron chi connectivity index (χ2n) is 8.13. The molecule has 31 heavy (non-hydrogen) atoms. The first-order chi connectivity index (χ1) is 14.9. The minimum atomic E-state index is -3.80. The van der Waals surface area contributed by atoms with Crippen LogP contribution < -0.4 is 0 Å². The van der Waals surface area contributed by atoms with Crippen LogP contribution in [0.25, 0.3) is 10.9 Å². The van der Waals surface area contributed by atoms with Gasteiger partial charge in [0.15, 0.2) is 9.84 Å². The van der Waals surface area contributed by atoms with Crippen LogP contribution in [-0.4, -0.2) is 36.4 Å². The number of benzene rings is 2. The number of likely N-dealkylation sites (tertiary alicyclic amines) is 1. The van der Waals surface area contributed by atoms with Crippen LogP contribution in [0.3, 0.4) is 0 Å². The molecule has 0 spiro atoms. The van der Waals surface area contributed by atoms with E-state index in [9.17, 15) is 17.6 Å². The standard InChI is InChI=1S/C24H27FN2O3S/c1-2-19-10-7-8-14-27(19)24(28)16-26-15-23(20-11-4-6-13-22(20)26)31(29,30)17-18-9-3-5-12-21(18)25/h3-6,9,11-13,15,19H,2,7-8,10,14,16-17H2,1H3. The number of hydrogen-bond donors (Lipinski definition) is 0. The summed E-state index contributed by atoms with van der Waals surface area (Å²) in [5.41, 5.74) is 0.822. The van der Waals surface area contributed by atoms with E-state index in [-0.39, 0.29) is 29.0 Å². The third-order valence-corrected chi connectivity index (χ3v) is 7.80. The van der Waals surface area contributed by atoms with Crippen molar-refractivity contribution in [3.63, 3.8) is 0 Å². The van der Waals surface area contributed by atoms with Crippen LogP contribution in [0.5, 0.6) is 0 Å².